The van der Waals surface area contributed by atoms with Gasteiger partial charge in [0.2, 0.25) is 0 Å². The zero-order valence-electron chi connectivity index (χ0n) is 10.4. The van der Waals surface area contributed by atoms with Gasteiger partial charge < -0.3 is 4.90 Å². The van der Waals surface area contributed by atoms with Crippen molar-refractivity contribution in [3.05, 3.63) is 29.8 Å². The normalized spacial score (nSPS) is 11.9. The Morgan fingerprint density at radius 1 is 1.25 bits per heavy atom. The van der Waals surface area contributed by atoms with Gasteiger partial charge in [0, 0.05) is 18.8 Å². The smallest absolute Gasteiger partial charge is 0.0991 e. The van der Waals surface area contributed by atoms with E-state index in [2.05, 4.69) is 31.7 Å². The van der Waals surface area contributed by atoms with Crippen LogP contribution in [0, 0.1) is 17.2 Å². The van der Waals surface area contributed by atoms with E-state index in [9.17, 15) is 0 Å². The third-order valence-electron chi connectivity index (χ3n) is 2.97. The Hall–Kier alpha value is -1.49. The van der Waals surface area contributed by atoms with E-state index in [0.717, 1.165) is 18.7 Å². The molecule has 0 heterocycles. The molecule has 0 bridgehead atoms. The molecule has 0 aliphatic rings. The fourth-order valence-electron chi connectivity index (χ4n) is 1.67. The van der Waals surface area contributed by atoms with Crippen molar-refractivity contribution in [1.29, 1.82) is 5.26 Å². The maximum atomic E-state index is 8.74. The monoisotopic (exact) mass is 216 g/mol. The van der Waals surface area contributed by atoms with Gasteiger partial charge in [0.15, 0.2) is 0 Å². The van der Waals surface area contributed by atoms with Gasteiger partial charge in [-0.05, 0) is 37.1 Å². The van der Waals surface area contributed by atoms with Crippen molar-refractivity contribution >= 4 is 5.69 Å². The lowest BCUT2D eigenvalue weighted by atomic mass is 10.1. The standard InChI is InChI=1S/C14H20N2/c1-4-12(3)11-16(5-2)14-8-6-13(10-15)7-9-14/h6-9,12H,4-5,11H2,1-3H3. The molecule has 1 aromatic rings. The van der Waals surface area contributed by atoms with E-state index in [0.29, 0.717) is 5.92 Å². The summed E-state index contributed by atoms with van der Waals surface area (Å²) < 4.78 is 0. The van der Waals surface area contributed by atoms with Gasteiger partial charge in [-0.25, -0.2) is 0 Å². The van der Waals surface area contributed by atoms with Crippen molar-refractivity contribution < 1.29 is 0 Å². The summed E-state index contributed by atoms with van der Waals surface area (Å²) in [5.41, 5.74) is 1.94. The first-order valence-electron chi connectivity index (χ1n) is 5.96. The quantitative estimate of drug-likeness (QED) is 0.754. The van der Waals surface area contributed by atoms with E-state index in [1.165, 1.54) is 12.1 Å². The van der Waals surface area contributed by atoms with Crippen molar-refractivity contribution in [2.75, 3.05) is 18.0 Å². The van der Waals surface area contributed by atoms with E-state index < -0.39 is 0 Å². The number of anilines is 1. The maximum absolute atomic E-state index is 8.74. The summed E-state index contributed by atoms with van der Waals surface area (Å²) in [5.74, 6) is 0.704. The summed E-state index contributed by atoms with van der Waals surface area (Å²) >= 11 is 0. The van der Waals surface area contributed by atoms with Gasteiger partial charge in [-0.15, -0.1) is 0 Å². The molecule has 0 saturated carbocycles. The van der Waals surface area contributed by atoms with Crippen molar-refractivity contribution in [2.24, 2.45) is 5.92 Å². The summed E-state index contributed by atoms with van der Waals surface area (Å²) in [5, 5.41) is 8.74. The van der Waals surface area contributed by atoms with Crippen LogP contribution < -0.4 is 4.90 Å². The maximum Gasteiger partial charge on any atom is 0.0991 e. The molecule has 0 N–H and O–H groups in total. The molecular weight excluding hydrogens is 196 g/mol. The van der Waals surface area contributed by atoms with Crippen LogP contribution in [0.15, 0.2) is 24.3 Å². The highest BCUT2D eigenvalue weighted by molar-refractivity contribution is 5.49. The minimum atomic E-state index is 0.704. The molecule has 86 valence electrons. The molecule has 0 spiro atoms. The highest BCUT2D eigenvalue weighted by atomic mass is 15.1. The number of rotatable bonds is 5. The molecule has 1 atom stereocenters. The molecule has 0 aromatic heterocycles. The molecule has 0 fully saturated rings. The zero-order valence-corrected chi connectivity index (χ0v) is 10.4. The van der Waals surface area contributed by atoms with Crippen molar-refractivity contribution in [1.82, 2.24) is 0 Å². The number of benzene rings is 1. The van der Waals surface area contributed by atoms with Crippen molar-refractivity contribution in [3.8, 4) is 6.07 Å². The average molecular weight is 216 g/mol. The van der Waals surface area contributed by atoms with Crippen LogP contribution in [0.4, 0.5) is 5.69 Å². The Bertz CT molecular complexity index is 348. The summed E-state index contributed by atoms with van der Waals surface area (Å²) in [6, 6.07) is 9.98. The van der Waals surface area contributed by atoms with Crippen LogP contribution in [0.2, 0.25) is 0 Å². The van der Waals surface area contributed by atoms with E-state index in [-0.39, 0.29) is 0 Å². The van der Waals surface area contributed by atoms with Crippen LogP contribution in [0.3, 0.4) is 0 Å². The van der Waals surface area contributed by atoms with E-state index >= 15 is 0 Å². The molecule has 16 heavy (non-hydrogen) atoms. The Kier molecular flexibility index (Phi) is 4.85. The molecule has 1 rings (SSSR count). The van der Waals surface area contributed by atoms with E-state index in [1.807, 2.05) is 24.3 Å². The lowest BCUT2D eigenvalue weighted by Crippen LogP contribution is -2.27. The van der Waals surface area contributed by atoms with Crippen LogP contribution in [0.1, 0.15) is 32.8 Å². The molecule has 0 radical (unpaired) electrons. The van der Waals surface area contributed by atoms with Gasteiger partial charge in [0.05, 0.1) is 11.6 Å². The van der Waals surface area contributed by atoms with Gasteiger partial charge in [-0.3, -0.25) is 0 Å². The molecule has 0 aliphatic heterocycles. The molecule has 0 saturated heterocycles. The lowest BCUT2D eigenvalue weighted by Gasteiger charge is -2.26. The van der Waals surface area contributed by atoms with Crippen LogP contribution in [-0.2, 0) is 0 Å². The SMILES string of the molecule is CCC(C)CN(CC)c1ccc(C#N)cc1. The van der Waals surface area contributed by atoms with Gasteiger partial charge in [0.1, 0.15) is 0 Å². The topological polar surface area (TPSA) is 27.0 Å². The Balaban J connectivity index is 2.75. The molecule has 2 heteroatoms. The number of hydrogen-bond donors (Lipinski definition) is 0. The predicted molar refractivity (Wildman–Crippen MR) is 68.5 cm³/mol. The van der Waals surface area contributed by atoms with Crippen LogP contribution in [0.25, 0.3) is 0 Å². The fourth-order valence-corrected chi connectivity index (χ4v) is 1.67. The van der Waals surface area contributed by atoms with Crippen LogP contribution >= 0.6 is 0 Å². The van der Waals surface area contributed by atoms with Crippen molar-refractivity contribution in [3.63, 3.8) is 0 Å². The van der Waals surface area contributed by atoms with Crippen molar-refractivity contribution in [2.45, 2.75) is 27.2 Å². The van der Waals surface area contributed by atoms with Gasteiger partial charge >= 0.3 is 0 Å². The van der Waals surface area contributed by atoms with Gasteiger partial charge in [-0.1, -0.05) is 20.3 Å². The second-order valence-corrected chi connectivity index (χ2v) is 4.21. The summed E-state index contributed by atoms with van der Waals surface area (Å²) in [4.78, 5) is 2.36. The summed E-state index contributed by atoms with van der Waals surface area (Å²) in [6.45, 7) is 8.75. The molecule has 0 amide bonds. The fraction of sp³-hybridized carbons (Fsp3) is 0.500. The largest absolute Gasteiger partial charge is 0.372 e. The Morgan fingerprint density at radius 2 is 1.88 bits per heavy atom. The highest BCUT2D eigenvalue weighted by Crippen LogP contribution is 2.17. The molecule has 0 aliphatic carbocycles. The average Bonchev–Trinajstić information content (AvgIpc) is 2.35. The second-order valence-electron chi connectivity index (χ2n) is 4.21. The molecule has 1 aromatic carbocycles. The summed E-state index contributed by atoms with van der Waals surface area (Å²) in [6.07, 6.45) is 1.20. The van der Waals surface area contributed by atoms with Crippen LogP contribution in [0.5, 0.6) is 0 Å². The molecule has 2 nitrogen and oxygen atoms in total. The lowest BCUT2D eigenvalue weighted by molar-refractivity contribution is 0.548. The van der Waals surface area contributed by atoms with E-state index in [4.69, 9.17) is 5.26 Å². The first-order valence-corrected chi connectivity index (χ1v) is 5.96. The zero-order chi connectivity index (χ0) is 12.0. The number of hydrogen-bond acceptors (Lipinski definition) is 2. The Morgan fingerprint density at radius 3 is 2.31 bits per heavy atom. The number of nitriles is 1. The highest BCUT2D eigenvalue weighted by Gasteiger charge is 2.07. The second kappa shape index (κ2) is 6.17. The summed E-state index contributed by atoms with van der Waals surface area (Å²) in [7, 11) is 0. The van der Waals surface area contributed by atoms with E-state index in [1.54, 1.807) is 0 Å². The first-order chi connectivity index (χ1) is 7.71. The van der Waals surface area contributed by atoms with Gasteiger partial charge in [0.25, 0.3) is 0 Å². The first kappa shape index (κ1) is 12.6. The van der Waals surface area contributed by atoms with Crippen LogP contribution in [-0.4, -0.2) is 13.1 Å². The molecular formula is C14H20N2. The minimum Gasteiger partial charge on any atom is -0.372 e. The Labute approximate surface area is 98.5 Å². The third-order valence-corrected chi connectivity index (χ3v) is 2.97. The van der Waals surface area contributed by atoms with Gasteiger partial charge in [-0.2, -0.15) is 5.26 Å². The molecule has 1 unspecified atom stereocenters. The minimum absolute atomic E-state index is 0.704. The predicted octanol–water partition coefficient (Wildman–Crippen LogP) is 3.43. The number of nitrogens with zero attached hydrogens (tertiary/aromatic N) is 2. The third kappa shape index (κ3) is 3.27.